The fraction of sp³-hybridized carbons (Fsp3) is 0.800. The van der Waals surface area contributed by atoms with Crippen LogP contribution in [0.25, 0.3) is 0 Å². The van der Waals surface area contributed by atoms with Gasteiger partial charge < -0.3 is 9.64 Å². The van der Waals surface area contributed by atoms with Crippen molar-refractivity contribution in [3.05, 3.63) is 0 Å². The van der Waals surface area contributed by atoms with Gasteiger partial charge in [-0.2, -0.15) is 5.26 Å². The molecule has 0 aromatic carbocycles. The number of methoxy groups -OCH3 is 1. The number of amides is 1. The highest BCUT2D eigenvalue weighted by atomic mass is 16.5. The molecule has 14 heavy (non-hydrogen) atoms. The molecule has 0 saturated carbocycles. The standard InChI is InChI=1S/C10H18N2O2/c1-3-7-12(8-6-11)10(13)5-4-9-14-2/h3-5,7-9H2,1-2H3. The SMILES string of the molecule is CCCN(CC#N)C(=O)CCCOC. The largest absolute Gasteiger partial charge is 0.385 e. The van der Waals surface area contributed by atoms with E-state index >= 15 is 0 Å². The molecule has 80 valence electrons. The predicted molar refractivity (Wildman–Crippen MR) is 53.6 cm³/mol. The minimum atomic E-state index is 0.0467. The van der Waals surface area contributed by atoms with Crippen LogP contribution in [0.1, 0.15) is 26.2 Å². The molecular weight excluding hydrogens is 180 g/mol. The van der Waals surface area contributed by atoms with Crippen molar-refractivity contribution in [3.63, 3.8) is 0 Å². The summed E-state index contributed by atoms with van der Waals surface area (Å²) in [5.41, 5.74) is 0. The first kappa shape index (κ1) is 12.9. The maximum Gasteiger partial charge on any atom is 0.223 e. The fourth-order valence-corrected chi connectivity index (χ4v) is 1.17. The molecule has 4 heteroatoms. The van der Waals surface area contributed by atoms with E-state index in [9.17, 15) is 4.79 Å². The molecule has 0 bridgehead atoms. The van der Waals surface area contributed by atoms with E-state index in [2.05, 4.69) is 0 Å². The van der Waals surface area contributed by atoms with Crippen molar-refractivity contribution in [2.24, 2.45) is 0 Å². The third-order valence-corrected chi connectivity index (χ3v) is 1.85. The molecule has 1 amide bonds. The molecule has 4 nitrogen and oxygen atoms in total. The van der Waals surface area contributed by atoms with Crippen molar-refractivity contribution in [2.75, 3.05) is 26.8 Å². The van der Waals surface area contributed by atoms with Crippen LogP contribution >= 0.6 is 0 Å². The van der Waals surface area contributed by atoms with Crippen molar-refractivity contribution in [1.82, 2.24) is 4.90 Å². The number of nitriles is 1. The molecule has 0 aromatic rings. The summed E-state index contributed by atoms with van der Waals surface area (Å²) in [7, 11) is 1.61. The highest BCUT2D eigenvalue weighted by Crippen LogP contribution is 1.99. The number of hydrogen-bond acceptors (Lipinski definition) is 3. The summed E-state index contributed by atoms with van der Waals surface area (Å²) in [6.07, 6.45) is 2.08. The van der Waals surface area contributed by atoms with E-state index in [4.69, 9.17) is 10.00 Å². The van der Waals surface area contributed by atoms with E-state index in [1.807, 2.05) is 13.0 Å². The molecule has 0 rings (SSSR count). The Kier molecular flexibility index (Phi) is 7.86. The van der Waals surface area contributed by atoms with E-state index in [1.54, 1.807) is 12.0 Å². The van der Waals surface area contributed by atoms with Crippen molar-refractivity contribution in [1.29, 1.82) is 5.26 Å². The number of ether oxygens (including phenoxy) is 1. The average Bonchev–Trinajstić information content (AvgIpc) is 2.18. The lowest BCUT2D eigenvalue weighted by molar-refractivity contribution is -0.130. The normalized spacial score (nSPS) is 9.50. The first-order chi connectivity index (χ1) is 6.76. The van der Waals surface area contributed by atoms with E-state index < -0.39 is 0 Å². The second-order valence-electron chi connectivity index (χ2n) is 3.07. The number of carbonyl (C=O) groups is 1. The maximum atomic E-state index is 11.5. The van der Waals surface area contributed by atoms with Gasteiger partial charge in [0, 0.05) is 26.7 Å². The van der Waals surface area contributed by atoms with Gasteiger partial charge in [-0.05, 0) is 12.8 Å². The van der Waals surface area contributed by atoms with Crippen LogP contribution < -0.4 is 0 Å². The van der Waals surface area contributed by atoms with Crippen LogP contribution in [0, 0.1) is 11.3 Å². The smallest absolute Gasteiger partial charge is 0.223 e. The van der Waals surface area contributed by atoms with Gasteiger partial charge in [0.2, 0.25) is 5.91 Å². The topological polar surface area (TPSA) is 53.3 Å². The molecule has 0 unspecified atom stereocenters. The summed E-state index contributed by atoms with van der Waals surface area (Å²) in [6, 6.07) is 2.00. The molecule has 0 aliphatic heterocycles. The number of hydrogen-bond donors (Lipinski definition) is 0. The van der Waals surface area contributed by atoms with E-state index in [-0.39, 0.29) is 12.5 Å². The molecule has 0 fully saturated rings. The minimum absolute atomic E-state index is 0.0467. The molecular formula is C10H18N2O2. The number of nitrogens with zero attached hydrogens (tertiary/aromatic N) is 2. The Balaban J connectivity index is 3.83. The van der Waals surface area contributed by atoms with Crippen LogP contribution in [0.2, 0.25) is 0 Å². The molecule has 0 aromatic heterocycles. The van der Waals surface area contributed by atoms with E-state index in [1.165, 1.54) is 0 Å². The third kappa shape index (κ3) is 5.55. The Morgan fingerprint density at radius 1 is 1.57 bits per heavy atom. The highest BCUT2D eigenvalue weighted by Gasteiger charge is 2.10. The van der Waals surface area contributed by atoms with Crippen molar-refractivity contribution >= 4 is 5.91 Å². The van der Waals surface area contributed by atoms with Gasteiger partial charge in [-0.3, -0.25) is 4.79 Å². The maximum absolute atomic E-state index is 11.5. The third-order valence-electron chi connectivity index (χ3n) is 1.85. The summed E-state index contributed by atoms with van der Waals surface area (Å²) in [6.45, 7) is 3.45. The second kappa shape index (κ2) is 8.52. The van der Waals surface area contributed by atoms with Gasteiger partial charge in [0.15, 0.2) is 0 Å². The molecule has 0 atom stereocenters. The summed E-state index contributed by atoms with van der Waals surface area (Å²) in [5.74, 6) is 0.0467. The van der Waals surface area contributed by atoms with E-state index in [0.717, 1.165) is 12.8 Å². The molecule has 0 heterocycles. The van der Waals surface area contributed by atoms with Gasteiger partial charge in [0.1, 0.15) is 6.54 Å². The van der Waals surface area contributed by atoms with Gasteiger partial charge in [-0.25, -0.2) is 0 Å². The zero-order chi connectivity index (χ0) is 10.8. The summed E-state index contributed by atoms with van der Waals surface area (Å²) in [5, 5.41) is 8.52. The van der Waals surface area contributed by atoms with E-state index in [0.29, 0.717) is 19.6 Å². The van der Waals surface area contributed by atoms with Gasteiger partial charge in [-0.1, -0.05) is 6.92 Å². The van der Waals surface area contributed by atoms with Gasteiger partial charge in [-0.15, -0.1) is 0 Å². The average molecular weight is 198 g/mol. The van der Waals surface area contributed by atoms with Gasteiger partial charge in [0.05, 0.1) is 6.07 Å². The Morgan fingerprint density at radius 3 is 2.79 bits per heavy atom. The van der Waals surface area contributed by atoms with Crippen LogP contribution in [-0.4, -0.2) is 37.6 Å². The Bertz CT molecular complexity index is 199. The minimum Gasteiger partial charge on any atom is -0.385 e. The monoisotopic (exact) mass is 198 g/mol. The van der Waals surface area contributed by atoms with Gasteiger partial charge in [0.25, 0.3) is 0 Å². The first-order valence-corrected chi connectivity index (χ1v) is 4.89. The first-order valence-electron chi connectivity index (χ1n) is 4.89. The van der Waals surface area contributed by atoms with Crippen LogP contribution in [0.5, 0.6) is 0 Å². The highest BCUT2D eigenvalue weighted by molar-refractivity contribution is 5.76. The van der Waals surface area contributed by atoms with Gasteiger partial charge >= 0.3 is 0 Å². The lowest BCUT2D eigenvalue weighted by atomic mass is 10.2. The molecule has 0 spiro atoms. The molecule has 0 aliphatic rings. The predicted octanol–water partition coefficient (Wildman–Crippen LogP) is 1.18. The molecule has 0 aliphatic carbocycles. The van der Waals surface area contributed by atoms with Crippen molar-refractivity contribution in [2.45, 2.75) is 26.2 Å². The Hall–Kier alpha value is -1.08. The van der Waals surface area contributed by atoms with Crippen molar-refractivity contribution in [3.8, 4) is 6.07 Å². The van der Waals surface area contributed by atoms with Crippen LogP contribution in [0.4, 0.5) is 0 Å². The molecule has 0 N–H and O–H groups in total. The summed E-state index contributed by atoms with van der Waals surface area (Å²) >= 11 is 0. The molecule has 0 radical (unpaired) electrons. The van der Waals surface area contributed by atoms with Crippen LogP contribution in [0.3, 0.4) is 0 Å². The number of carbonyl (C=O) groups excluding carboxylic acids is 1. The number of rotatable bonds is 7. The summed E-state index contributed by atoms with van der Waals surface area (Å²) in [4.78, 5) is 13.1. The lowest BCUT2D eigenvalue weighted by Gasteiger charge is -2.18. The fourth-order valence-electron chi connectivity index (χ4n) is 1.17. The Morgan fingerprint density at radius 2 is 2.29 bits per heavy atom. The Labute approximate surface area is 85.5 Å². The molecule has 0 saturated heterocycles. The lowest BCUT2D eigenvalue weighted by Crippen LogP contribution is -2.32. The summed E-state index contributed by atoms with van der Waals surface area (Å²) < 4.78 is 4.86. The van der Waals surface area contributed by atoms with Crippen LogP contribution in [0.15, 0.2) is 0 Å². The quantitative estimate of drug-likeness (QED) is 0.456. The zero-order valence-electron chi connectivity index (χ0n) is 8.95. The van der Waals surface area contributed by atoms with Crippen molar-refractivity contribution < 1.29 is 9.53 Å². The second-order valence-corrected chi connectivity index (χ2v) is 3.07. The zero-order valence-corrected chi connectivity index (χ0v) is 8.95. The van der Waals surface area contributed by atoms with Crippen LogP contribution in [-0.2, 0) is 9.53 Å².